The Balaban J connectivity index is 2.32. The summed E-state index contributed by atoms with van der Waals surface area (Å²) in [5, 5.41) is 13.2. The van der Waals surface area contributed by atoms with Gasteiger partial charge in [0.15, 0.2) is 0 Å². The minimum absolute atomic E-state index is 0.857. The highest BCUT2D eigenvalue weighted by Gasteiger charge is 2.09. The first-order valence-corrected chi connectivity index (χ1v) is 6.28. The number of hydrogen-bond acceptors (Lipinski definition) is 5. The molecule has 2 aromatic rings. The maximum atomic E-state index is 5.18. The minimum atomic E-state index is 0.857. The molecule has 1 heterocycles. The molecule has 17 heavy (non-hydrogen) atoms. The SMILES string of the molecule is CCNc1nnc(-c2ccc(OC)cc2C)s1. The Hall–Kier alpha value is -1.62. The number of rotatable bonds is 4. The number of anilines is 1. The average Bonchev–Trinajstić information content (AvgIpc) is 2.78. The third kappa shape index (κ3) is 2.55. The average molecular weight is 249 g/mol. The number of benzene rings is 1. The van der Waals surface area contributed by atoms with Crippen molar-refractivity contribution >= 4 is 16.5 Å². The first-order valence-electron chi connectivity index (χ1n) is 5.47. The van der Waals surface area contributed by atoms with E-state index in [1.165, 1.54) is 0 Å². The molecule has 1 N–H and O–H groups in total. The van der Waals surface area contributed by atoms with Crippen LogP contribution in [0, 0.1) is 6.92 Å². The van der Waals surface area contributed by atoms with Crippen LogP contribution in [-0.4, -0.2) is 23.9 Å². The number of nitrogens with one attached hydrogen (secondary N) is 1. The Morgan fingerprint density at radius 2 is 2.18 bits per heavy atom. The van der Waals surface area contributed by atoms with Crippen LogP contribution in [0.5, 0.6) is 5.75 Å². The van der Waals surface area contributed by atoms with Crippen LogP contribution in [0.15, 0.2) is 18.2 Å². The van der Waals surface area contributed by atoms with Crippen molar-refractivity contribution in [2.45, 2.75) is 13.8 Å². The molecule has 0 aliphatic rings. The monoisotopic (exact) mass is 249 g/mol. The summed E-state index contributed by atoms with van der Waals surface area (Å²) < 4.78 is 5.18. The summed E-state index contributed by atoms with van der Waals surface area (Å²) in [6, 6.07) is 5.96. The first-order chi connectivity index (χ1) is 8.24. The number of ether oxygens (including phenoxy) is 1. The van der Waals surface area contributed by atoms with Gasteiger partial charge in [-0.25, -0.2) is 0 Å². The fraction of sp³-hybridized carbons (Fsp3) is 0.333. The molecule has 0 radical (unpaired) electrons. The fourth-order valence-corrected chi connectivity index (χ4v) is 2.46. The molecule has 0 spiro atoms. The number of nitrogens with zero attached hydrogens (tertiary/aromatic N) is 2. The van der Waals surface area contributed by atoms with Gasteiger partial charge in [-0.15, -0.1) is 10.2 Å². The molecule has 0 saturated heterocycles. The summed E-state index contributed by atoms with van der Waals surface area (Å²) in [6.45, 7) is 4.95. The van der Waals surface area contributed by atoms with Gasteiger partial charge in [-0.05, 0) is 37.6 Å². The van der Waals surface area contributed by atoms with Gasteiger partial charge in [-0.3, -0.25) is 0 Å². The van der Waals surface area contributed by atoms with E-state index < -0.39 is 0 Å². The van der Waals surface area contributed by atoms with Crippen LogP contribution >= 0.6 is 11.3 Å². The standard InChI is InChI=1S/C12H15N3OS/c1-4-13-12-15-14-11(17-12)10-6-5-9(16-3)7-8(10)2/h5-7H,4H2,1-3H3,(H,13,15). The summed E-state index contributed by atoms with van der Waals surface area (Å²) in [5.74, 6) is 0.864. The van der Waals surface area contributed by atoms with Crippen molar-refractivity contribution in [3.05, 3.63) is 23.8 Å². The van der Waals surface area contributed by atoms with E-state index in [1.54, 1.807) is 18.4 Å². The van der Waals surface area contributed by atoms with Gasteiger partial charge < -0.3 is 10.1 Å². The Labute approximate surface area is 105 Å². The van der Waals surface area contributed by atoms with E-state index in [1.807, 2.05) is 32.0 Å². The van der Waals surface area contributed by atoms with Crippen LogP contribution < -0.4 is 10.1 Å². The van der Waals surface area contributed by atoms with E-state index in [9.17, 15) is 0 Å². The van der Waals surface area contributed by atoms with Gasteiger partial charge in [0, 0.05) is 12.1 Å². The molecule has 4 nitrogen and oxygen atoms in total. The van der Waals surface area contributed by atoms with Crippen molar-refractivity contribution in [3.63, 3.8) is 0 Å². The van der Waals surface area contributed by atoms with Crippen molar-refractivity contribution in [3.8, 4) is 16.3 Å². The Bertz CT molecular complexity index is 510. The Morgan fingerprint density at radius 1 is 1.35 bits per heavy atom. The van der Waals surface area contributed by atoms with E-state index in [-0.39, 0.29) is 0 Å². The Kier molecular flexibility index (Phi) is 3.58. The number of aryl methyl sites for hydroxylation is 1. The fourth-order valence-electron chi connectivity index (χ4n) is 1.56. The lowest BCUT2D eigenvalue weighted by atomic mass is 10.1. The van der Waals surface area contributed by atoms with Gasteiger partial charge in [0.25, 0.3) is 0 Å². The van der Waals surface area contributed by atoms with Gasteiger partial charge in [-0.1, -0.05) is 11.3 Å². The summed E-state index contributed by atoms with van der Waals surface area (Å²) in [7, 11) is 1.67. The quantitative estimate of drug-likeness (QED) is 0.905. The molecule has 0 fully saturated rings. The minimum Gasteiger partial charge on any atom is -0.497 e. The summed E-state index contributed by atoms with van der Waals surface area (Å²) in [5.41, 5.74) is 2.25. The molecule has 0 amide bonds. The van der Waals surface area contributed by atoms with Crippen LogP contribution in [-0.2, 0) is 0 Å². The lowest BCUT2D eigenvalue weighted by Gasteiger charge is -2.04. The van der Waals surface area contributed by atoms with Gasteiger partial charge >= 0.3 is 0 Å². The zero-order chi connectivity index (χ0) is 12.3. The highest BCUT2D eigenvalue weighted by Crippen LogP contribution is 2.30. The first kappa shape index (κ1) is 11.9. The van der Waals surface area contributed by atoms with Crippen LogP contribution in [0.25, 0.3) is 10.6 Å². The van der Waals surface area contributed by atoms with Gasteiger partial charge in [-0.2, -0.15) is 0 Å². The predicted molar refractivity (Wildman–Crippen MR) is 70.8 cm³/mol. The largest absolute Gasteiger partial charge is 0.497 e. The number of hydrogen-bond donors (Lipinski definition) is 1. The number of aromatic nitrogens is 2. The van der Waals surface area contributed by atoms with Crippen molar-refractivity contribution in [2.24, 2.45) is 0 Å². The van der Waals surface area contributed by atoms with Crippen LogP contribution in [0.1, 0.15) is 12.5 Å². The van der Waals surface area contributed by atoms with E-state index in [2.05, 4.69) is 15.5 Å². The van der Waals surface area contributed by atoms with Crippen molar-refractivity contribution in [1.29, 1.82) is 0 Å². The number of methoxy groups -OCH3 is 1. The van der Waals surface area contributed by atoms with E-state index in [4.69, 9.17) is 4.74 Å². The molecule has 0 unspecified atom stereocenters. The topological polar surface area (TPSA) is 47.0 Å². The second-order valence-corrected chi connectivity index (χ2v) is 4.60. The van der Waals surface area contributed by atoms with E-state index in [0.717, 1.165) is 33.6 Å². The molecule has 2 rings (SSSR count). The smallest absolute Gasteiger partial charge is 0.205 e. The highest BCUT2D eigenvalue weighted by atomic mass is 32.1. The zero-order valence-corrected chi connectivity index (χ0v) is 11.0. The van der Waals surface area contributed by atoms with E-state index >= 15 is 0 Å². The summed E-state index contributed by atoms with van der Waals surface area (Å²) >= 11 is 1.56. The molecule has 0 bridgehead atoms. The van der Waals surface area contributed by atoms with Crippen molar-refractivity contribution < 1.29 is 4.74 Å². The van der Waals surface area contributed by atoms with Gasteiger partial charge in [0.2, 0.25) is 5.13 Å². The molecular formula is C12H15N3OS. The summed E-state index contributed by atoms with van der Waals surface area (Å²) in [6.07, 6.45) is 0. The maximum absolute atomic E-state index is 5.18. The molecule has 5 heteroatoms. The maximum Gasteiger partial charge on any atom is 0.205 e. The van der Waals surface area contributed by atoms with Crippen molar-refractivity contribution in [2.75, 3.05) is 19.0 Å². The second-order valence-electron chi connectivity index (χ2n) is 3.62. The van der Waals surface area contributed by atoms with Gasteiger partial charge in [0.1, 0.15) is 10.8 Å². The third-order valence-corrected chi connectivity index (χ3v) is 3.33. The molecule has 0 saturated carbocycles. The van der Waals surface area contributed by atoms with Crippen LogP contribution in [0.2, 0.25) is 0 Å². The zero-order valence-electron chi connectivity index (χ0n) is 10.2. The lowest BCUT2D eigenvalue weighted by Crippen LogP contribution is -1.94. The lowest BCUT2D eigenvalue weighted by molar-refractivity contribution is 0.414. The third-order valence-electron chi connectivity index (χ3n) is 2.42. The predicted octanol–water partition coefficient (Wildman–Crippen LogP) is 2.95. The van der Waals surface area contributed by atoms with Crippen LogP contribution in [0.4, 0.5) is 5.13 Å². The van der Waals surface area contributed by atoms with Gasteiger partial charge in [0.05, 0.1) is 7.11 Å². The molecule has 0 atom stereocenters. The van der Waals surface area contributed by atoms with E-state index in [0.29, 0.717) is 0 Å². The molecule has 1 aromatic heterocycles. The molecule has 0 aliphatic carbocycles. The molecule has 0 aliphatic heterocycles. The Morgan fingerprint density at radius 3 is 2.82 bits per heavy atom. The van der Waals surface area contributed by atoms with Crippen molar-refractivity contribution in [1.82, 2.24) is 10.2 Å². The molecule has 1 aromatic carbocycles. The molecular weight excluding hydrogens is 234 g/mol. The van der Waals surface area contributed by atoms with Crippen LogP contribution in [0.3, 0.4) is 0 Å². The summed E-state index contributed by atoms with van der Waals surface area (Å²) in [4.78, 5) is 0. The normalized spacial score (nSPS) is 10.3. The highest BCUT2D eigenvalue weighted by molar-refractivity contribution is 7.18. The molecule has 90 valence electrons. The second kappa shape index (κ2) is 5.14.